The van der Waals surface area contributed by atoms with Gasteiger partial charge in [0, 0.05) is 25.7 Å². The van der Waals surface area contributed by atoms with Crippen LogP contribution in [0.15, 0.2) is 24.3 Å². The molecule has 3 N–H and O–H groups in total. The van der Waals surface area contributed by atoms with Crippen molar-refractivity contribution in [1.82, 2.24) is 0 Å². The number of ether oxygens (including phenoxy) is 4. The molecule has 7 atom stereocenters. The molecule has 0 aliphatic carbocycles. The van der Waals surface area contributed by atoms with E-state index in [1.54, 1.807) is 0 Å². The second-order valence-electron chi connectivity index (χ2n) is 27.7. The van der Waals surface area contributed by atoms with E-state index in [0.29, 0.717) is 25.7 Å². The summed E-state index contributed by atoms with van der Waals surface area (Å²) in [6.45, 7) is 11.8. The molecule has 0 fully saturated rings. The second kappa shape index (κ2) is 66.1. The molecular formula is C76H144O17P2. The molecule has 0 radical (unpaired) electrons. The number of rotatable bonds is 72. The third-order valence-electron chi connectivity index (χ3n) is 17.7. The van der Waals surface area contributed by atoms with Crippen LogP contribution in [0.5, 0.6) is 0 Å². The number of phosphoric ester groups is 2. The van der Waals surface area contributed by atoms with Gasteiger partial charge in [0.1, 0.15) is 19.3 Å². The lowest BCUT2D eigenvalue weighted by Crippen LogP contribution is -2.30. The molecule has 0 aromatic heterocycles. The van der Waals surface area contributed by atoms with Gasteiger partial charge in [-0.15, -0.1) is 0 Å². The number of phosphoric acid groups is 2. The third-order valence-corrected chi connectivity index (χ3v) is 19.6. The number of hydrogen-bond donors (Lipinski definition) is 3. The molecule has 560 valence electrons. The molecule has 0 aromatic carbocycles. The fourth-order valence-electron chi connectivity index (χ4n) is 11.0. The van der Waals surface area contributed by atoms with E-state index < -0.39 is 97.5 Å². The molecule has 95 heavy (non-hydrogen) atoms. The number of hydrogen-bond acceptors (Lipinski definition) is 15. The van der Waals surface area contributed by atoms with E-state index in [4.69, 9.17) is 37.0 Å². The van der Waals surface area contributed by atoms with Crippen molar-refractivity contribution >= 4 is 39.5 Å². The molecule has 0 spiro atoms. The van der Waals surface area contributed by atoms with E-state index in [0.717, 1.165) is 127 Å². The number of esters is 4. The monoisotopic (exact) mass is 1390 g/mol. The molecule has 0 aliphatic heterocycles. The van der Waals surface area contributed by atoms with Crippen LogP contribution >= 0.6 is 15.6 Å². The highest BCUT2D eigenvalue weighted by Gasteiger charge is 2.30. The molecule has 4 unspecified atom stereocenters. The number of allylic oxidation sites excluding steroid dienone is 4. The normalized spacial score (nSPS) is 14.8. The van der Waals surface area contributed by atoms with Crippen molar-refractivity contribution in [2.75, 3.05) is 39.6 Å². The lowest BCUT2D eigenvalue weighted by Gasteiger charge is -2.21. The van der Waals surface area contributed by atoms with Crippen molar-refractivity contribution in [2.45, 2.75) is 381 Å². The summed E-state index contributed by atoms with van der Waals surface area (Å²) in [6.07, 6.45) is 54.9. The Balaban J connectivity index is 5.26. The molecule has 0 aliphatic rings. The van der Waals surface area contributed by atoms with Crippen LogP contribution in [-0.4, -0.2) is 96.7 Å². The summed E-state index contributed by atoms with van der Waals surface area (Å²) >= 11 is 0. The lowest BCUT2D eigenvalue weighted by atomic mass is 9.99. The van der Waals surface area contributed by atoms with Crippen LogP contribution in [0.25, 0.3) is 0 Å². The average molecular weight is 1390 g/mol. The van der Waals surface area contributed by atoms with E-state index >= 15 is 0 Å². The Labute approximate surface area is 580 Å². The van der Waals surface area contributed by atoms with E-state index in [9.17, 15) is 43.2 Å². The van der Waals surface area contributed by atoms with Crippen molar-refractivity contribution in [1.29, 1.82) is 0 Å². The highest BCUT2D eigenvalue weighted by Crippen LogP contribution is 2.45. The molecule has 0 saturated carbocycles. The van der Waals surface area contributed by atoms with Crippen molar-refractivity contribution in [2.24, 2.45) is 17.8 Å². The minimum Gasteiger partial charge on any atom is -0.462 e. The molecule has 0 rings (SSSR count). The summed E-state index contributed by atoms with van der Waals surface area (Å²) in [7, 11) is -9.92. The number of carbonyl (C=O) groups is 4. The van der Waals surface area contributed by atoms with Gasteiger partial charge < -0.3 is 33.8 Å². The van der Waals surface area contributed by atoms with Gasteiger partial charge in [0.15, 0.2) is 12.2 Å². The quantitative estimate of drug-likeness (QED) is 0.0169. The summed E-state index contributed by atoms with van der Waals surface area (Å²) in [6, 6.07) is 0. The van der Waals surface area contributed by atoms with E-state index in [-0.39, 0.29) is 25.7 Å². The predicted octanol–water partition coefficient (Wildman–Crippen LogP) is 21.7. The van der Waals surface area contributed by atoms with Crippen molar-refractivity contribution in [3.8, 4) is 0 Å². The number of aliphatic hydroxyl groups is 1. The topological polar surface area (TPSA) is 237 Å². The minimum atomic E-state index is -4.96. The number of aliphatic hydroxyl groups excluding tert-OH is 1. The molecule has 0 aromatic rings. The van der Waals surface area contributed by atoms with Crippen molar-refractivity contribution < 1.29 is 80.2 Å². The first-order valence-electron chi connectivity index (χ1n) is 38.7. The summed E-state index contributed by atoms with van der Waals surface area (Å²) in [5, 5.41) is 10.6. The molecule has 0 heterocycles. The summed E-state index contributed by atoms with van der Waals surface area (Å²) < 4.78 is 68.5. The van der Waals surface area contributed by atoms with Gasteiger partial charge in [0.05, 0.1) is 26.4 Å². The van der Waals surface area contributed by atoms with Crippen LogP contribution in [0, 0.1) is 17.8 Å². The average Bonchev–Trinajstić information content (AvgIpc) is 3.67. The zero-order chi connectivity index (χ0) is 70.1. The molecule has 17 nitrogen and oxygen atoms in total. The van der Waals surface area contributed by atoms with E-state index in [1.165, 1.54) is 154 Å². The van der Waals surface area contributed by atoms with Gasteiger partial charge in [0.25, 0.3) is 0 Å². The summed E-state index contributed by atoms with van der Waals surface area (Å²) in [5.74, 6) is 0.149. The van der Waals surface area contributed by atoms with Crippen LogP contribution in [0.4, 0.5) is 0 Å². The van der Waals surface area contributed by atoms with Gasteiger partial charge in [-0.05, 0) is 69.1 Å². The Morgan fingerprint density at radius 3 is 0.937 bits per heavy atom. The van der Waals surface area contributed by atoms with E-state index in [2.05, 4.69) is 72.8 Å². The van der Waals surface area contributed by atoms with Gasteiger partial charge in [-0.25, -0.2) is 9.13 Å². The van der Waals surface area contributed by atoms with Gasteiger partial charge in [-0.2, -0.15) is 0 Å². The van der Waals surface area contributed by atoms with Gasteiger partial charge in [-0.3, -0.25) is 37.3 Å². The molecule has 0 saturated heterocycles. The first-order chi connectivity index (χ1) is 45.8. The molecule has 0 amide bonds. The largest absolute Gasteiger partial charge is 0.472 e. The molecule has 19 heteroatoms. The van der Waals surface area contributed by atoms with Crippen LogP contribution < -0.4 is 0 Å². The number of unbranched alkanes of at least 4 members (excludes halogenated alkanes) is 35. The summed E-state index contributed by atoms with van der Waals surface area (Å²) in [4.78, 5) is 72.8. The number of carbonyl (C=O) groups excluding carboxylic acids is 4. The lowest BCUT2D eigenvalue weighted by molar-refractivity contribution is -0.161. The van der Waals surface area contributed by atoms with Gasteiger partial charge in [0.2, 0.25) is 0 Å². The van der Waals surface area contributed by atoms with Gasteiger partial charge in [-0.1, -0.05) is 310 Å². The van der Waals surface area contributed by atoms with Crippen LogP contribution in [0.2, 0.25) is 0 Å². The zero-order valence-electron chi connectivity index (χ0n) is 61.6. The van der Waals surface area contributed by atoms with E-state index in [1.807, 2.05) is 0 Å². The van der Waals surface area contributed by atoms with Gasteiger partial charge >= 0.3 is 39.5 Å². The summed E-state index contributed by atoms with van der Waals surface area (Å²) in [5.41, 5.74) is 0. The Hall–Kier alpha value is -2.46. The predicted molar refractivity (Wildman–Crippen MR) is 386 cm³/mol. The third kappa shape index (κ3) is 67.2. The fraction of sp³-hybridized carbons (Fsp3) is 0.895. The van der Waals surface area contributed by atoms with Crippen LogP contribution in [-0.2, 0) is 65.4 Å². The maximum atomic E-state index is 13.1. The first kappa shape index (κ1) is 92.5. The highest BCUT2D eigenvalue weighted by molar-refractivity contribution is 7.47. The zero-order valence-corrected chi connectivity index (χ0v) is 63.4. The van der Waals surface area contributed by atoms with Crippen molar-refractivity contribution in [3.05, 3.63) is 24.3 Å². The Kier molecular flexibility index (Phi) is 64.4. The van der Waals surface area contributed by atoms with Crippen molar-refractivity contribution in [3.63, 3.8) is 0 Å². The SMILES string of the molecule is CCCCCC/C=C\C=C/CCCCCCCC(=O)O[C@H](COC(=O)CCCCCCCCC(C)CC)COP(=O)(O)OC[C@H](O)COP(=O)(O)OC[C@@H](COC(=O)CCCCCCCCCCCCCCCCCC(C)C)OC(=O)CCCCCCCCCCC(C)CC. The smallest absolute Gasteiger partial charge is 0.462 e. The standard InChI is InChI=1S/C76H144O17P2/c1-8-11-12-13-14-15-16-17-19-24-27-30-36-45-52-59-75(80)92-72(64-87-74(79)58-51-44-39-38-42-49-56-69(7)10-3)66-91-95(84,85)89-62-70(77)61-88-94(82,83)90-65-71(93-76(81)60-53-46-37-32-31-34-41-48-55-68(6)9-2)63-86-73(78)57-50-43-35-29-26-23-21-18-20-22-25-28-33-40-47-54-67(4)5/h15-17,19,67-72,77H,8-14,18,20-66H2,1-7H3,(H,82,83)(H,84,85)/b16-15-,19-17-/t68?,69?,70-,71-,72-/m1/s1. The maximum Gasteiger partial charge on any atom is 0.472 e. The fourth-order valence-corrected chi connectivity index (χ4v) is 12.6. The maximum absolute atomic E-state index is 13.1. The second-order valence-corrected chi connectivity index (χ2v) is 30.6. The minimum absolute atomic E-state index is 0.0838. The Morgan fingerprint density at radius 2 is 0.621 bits per heavy atom. The molecule has 0 bridgehead atoms. The molecular weight excluding hydrogens is 1250 g/mol. The Bertz CT molecular complexity index is 1950. The van der Waals surface area contributed by atoms with Crippen LogP contribution in [0.3, 0.4) is 0 Å². The highest BCUT2D eigenvalue weighted by atomic mass is 31.2. The first-order valence-corrected chi connectivity index (χ1v) is 41.7. The Morgan fingerprint density at radius 1 is 0.347 bits per heavy atom. The van der Waals surface area contributed by atoms with Crippen LogP contribution in [0.1, 0.15) is 363 Å².